The maximum Gasteiger partial charge on any atom is 0.222 e. The Balaban J connectivity index is 2.39. The fourth-order valence-electron chi connectivity index (χ4n) is 2.28. The molecule has 17 heavy (non-hydrogen) atoms. The fraction of sp³-hybridized carbons (Fsp3) is 0.417. The normalized spacial score (nSPS) is 25.2. The van der Waals surface area contributed by atoms with Gasteiger partial charge in [0.1, 0.15) is 11.6 Å². The first kappa shape index (κ1) is 12.0. The summed E-state index contributed by atoms with van der Waals surface area (Å²) in [6.07, 6.45) is 0.915. The third-order valence-electron chi connectivity index (χ3n) is 3.13. The average molecular weight is 240 g/mol. The molecule has 0 spiro atoms. The predicted molar refractivity (Wildman–Crippen MR) is 59.1 cm³/mol. The van der Waals surface area contributed by atoms with Gasteiger partial charge in [0.2, 0.25) is 5.91 Å². The van der Waals surface area contributed by atoms with E-state index >= 15 is 0 Å². The van der Waals surface area contributed by atoms with E-state index in [1.807, 2.05) is 0 Å². The molecule has 2 atom stereocenters. The Morgan fingerprint density at radius 1 is 1.29 bits per heavy atom. The van der Waals surface area contributed by atoms with Crippen LogP contribution in [0.3, 0.4) is 0 Å². The molecule has 2 rings (SSSR count). The van der Waals surface area contributed by atoms with Gasteiger partial charge < -0.3 is 10.6 Å². The molecule has 0 bridgehead atoms. The second-order valence-corrected chi connectivity index (χ2v) is 4.35. The summed E-state index contributed by atoms with van der Waals surface area (Å²) in [6, 6.07) is 2.51. The first-order chi connectivity index (χ1) is 7.99. The van der Waals surface area contributed by atoms with Gasteiger partial charge in [0, 0.05) is 25.6 Å². The molecule has 2 N–H and O–H groups in total. The molecule has 1 aromatic carbocycles. The topological polar surface area (TPSA) is 46.3 Å². The first-order valence-electron chi connectivity index (χ1n) is 5.46. The van der Waals surface area contributed by atoms with Crippen LogP contribution in [-0.4, -0.2) is 23.9 Å². The number of nitrogens with two attached hydrogens (primary N) is 1. The maximum absolute atomic E-state index is 13.2. The molecular formula is C12H14F2N2O. The van der Waals surface area contributed by atoms with Gasteiger partial charge >= 0.3 is 0 Å². The lowest BCUT2D eigenvalue weighted by molar-refractivity contribution is -0.135. The fourth-order valence-corrected chi connectivity index (χ4v) is 2.28. The van der Waals surface area contributed by atoms with Crippen LogP contribution < -0.4 is 5.73 Å². The molecule has 1 saturated heterocycles. The van der Waals surface area contributed by atoms with Crippen molar-refractivity contribution in [1.29, 1.82) is 0 Å². The van der Waals surface area contributed by atoms with Crippen LogP contribution >= 0.6 is 0 Å². The highest BCUT2D eigenvalue weighted by Crippen LogP contribution is 2.30. The minimum Gasteiger partial charge on any atom is -0.337 e. The van der Waals surface area contributed by atoms with Gasteiger partial charge in [0.15, 0.2) is 0 Å². The molecule has 92 valence electrons. The molecule has 2 unspecified atom stereocenters. The van der Waals surface area contributed by atoms with Gasteiger partial charge in [-0.3, -0.25) is 4.79 Å². The quantitative estimate of drug-likeness (QED) is 0.810. The zero-order chi connectivity index (χ0) is 12.6. The molecule has 1 fully saturated rings. The van der Waals surface area contributed by atoms with Gasteiger partial charge in [-0.15, -0.1) is 0 Å². The van der Waals surface area contributed by atoms with Crippen LogP contribution in [0.15, 0.2) is 18.2 Å². The summed E-state index contributed by atoms with van der Waals surface area (Å²) in [5.74, 6) is -1.36. The Morgan fingerprint density at radius 2 is 1.88 bits per heavy atom. The number of halogens is 2. The summed E-state index contributed by atoms with van der Waals surface area (Å²) >= 11 is 0. The van der Waals surface area contributed by atoms with Crippen molar-refractivity contribution in [3.05, 3.63) is 35.4 Å². The van der Waals surface area contributed by atoms with Crippen molar-refractivity contribution in [1.82, 2.24) is 4.90 Å². The van der Waals surface area contributed by atoms with Crippen molar-refractivity contribution < 1.29 is 13.6 Å². The van der Waals surface area contributed by atoms with Crippen LogP contribution in [0.4, 0.5) is 8.78 Å². The van der Waals surface area contributed by atoms with E-state index < -0.39 is 17.7 Å². The van der Waals surface area contributed by atoms with Gasteiger partial charge in [-0.2, -0.15) is 0 Å². The molecular weight excluding hydrogens is 226 g/mol. The van der Waals surface area contributed by atoms with Gasteiger partial charge in [-0.05, 0) is 24.1 Å². The standard InChI is InChI=1S/C12H14F2N2O/c1-16-11(17)3-2-10(15)12(16)7-4-8(13)6-9(14)5-7/h4-6,10,12H,2-3,15H2,1H3. The highest BCUT2D eigenvalue weighted by Gasteiger charge is 2.32. The Labute approximate surface area is 98.2 Å². The van der Waals surface area contributed by atoms with E-state index in [0.29, 0.717) is 18.4 Å². The summed E-state index contributed by atoms with van der Waals surface area (Å²) < 4.78 is 26.3. The number of benzene rings is 1. The van der Waals surface area contributed by atoms with Gasteiger partial charge in [-0.1, -0.05) is 0 Å². The molecule has 3 nitrogen and oxygen atoms in total. The number of likely N-dealkylation sites (tertiary alicyclic amines) is 1. The van der Waals surface area contributed by atoms with E-state index in [9.17, 15) is 13.6 Å². The minimum absolute atomic E-state index is 0.0543. The van der Waals surface area contributed by atoms with Gasteiger partial charge in [0.05, 0.1) is 6.04 Å². The molecule has 1 aliphatic heterocycles. The largest absolute Gasteiger partial charge is 0.337 e. The number of hydrogen-bond acceptors (Lipinski definition) is 2. The SMILES string of the molecule is CN1C(=O)CCC(N)C1c1cc(F)cc(F)c1. The van der Waals surface area contributed by atoms with Gasteiger partial charge in [0.25, 0.3) is 0 Å². The molecule has 5 heteroatoms. The third kappa shape index (κ3) is 2.29. The summed E-state index contributed by atoms with van der Waals surface area (Å²) in [5, 5.41) is 0. The lowest BCUT2D eigenvalue weighted by atomic mass is 9.91. The summed E-state index contributed by atoms with van der Waals surface area (Å²) in [7, 11) is 1.61. The molecule has 1 heterocycles. The van der Waals surface area contributed by atoms with E-state index in [-0.39, 0.29) is 11.9 Å². The number of amides is 1. The number of carbonyl (C=O) groups is 1. The van der Waals surface area contributed by atoms with E-state index in [1.54, 1.807) is 7.05 Å². The van der Waals surface area contributed by atoms with Crippen molar-refractivity contribution >= 4 is 5.91 Å². The third-order valence-corrected chi connectivity index (χ3v) is 3.13. The van der Waals surface area contributed by atoms with E-state index in [2.05, 4.69) is 0 Å². The molecule has 0 aromatic heterocycles. The molecule has 1 aliphatic rings. The lowest BCUT2D eigenvalue weighted by Gasteiger charge is -2.37. The summed E-state index contributed by atoms with van der Waals surface area (Å²) in [5.41, 5.74) is 6.33. The number of nitrogens with zero attached hydrogens (tertiary/aromatic N) is 1. The van der Waals surface area contributed by atoms with Crippen LogP contribution in [0.5, 0.6) is 0 Å². The summed E-state index contributed by atoms with van der Waals surface area (Å²) in [4.78, 5) is 13.0. The van der Waals surface area contributed by atoms with Gasteiger partial charge in [-0.25, -0.2) is 8.78 Å². The molecule has 0 radical (unpaired) electrons. The maximum atomic E-state index is 13.2. The van der Waals surface area contributed by atoms with Crippen LogP contribution in [0.2, 0.25) is 0 Å². The second kappa shape index (κ2) is 4.41. The smallest absolute Gasteiger partial charge is 0.222 e. The Bertz CT molecular complexity index is 430. The average Bonchev–Trinajstić information content (AvgIpc) is 2.23. The van der Waals surface area contributed by atoms with Crippen molar-refractivity contribution in [2.75, 3.05) is 7.05 Å². The van der Waals surface area contributed by atoms with E-state index in [1.165, 1.54) is 17.0 Å². The van der Waals surface area contributed by atoms with Crippen molar-refractivity contribution in [3.63, 3.8) is 0 Å². The highest BCUT2D eigenvalue weighted by molar-refractivity contribution is 5.77. The number of piperidine rings is 1. The Hall–Kier alpha value is -1.49. The highest BCUT2D eigenvalue weighted by atomic mass is 19.1. The molecule has 0 aliphatic carbocycles. The van der Waals surface area contributed by atoms with Crippen LogP contribution in [-0.2, 0) is 4.79 Å². The van der Waals surface area contributed by atoms with Crippen molar-refractivity contribution in [3.8, 4) is 0 Å². The number of hydrogen-bond donors (Lipinski definition) is 1. The Kier molecular flexibility index (Phi) is 3.11. The van der Waals surface area contributed by atoms with Crippen LogP contribution in [0, 0.1) is 11.6 Å². The minimum atomic E-state index is -0.654. The van der Waals surface area contributed by atoms with Crippen molar-refractivity contribution in [2.45, 2.75) is 24.9 Å². The first-order valence-corrected chi connectivity index (χ1v) is 5.46. The second-order valence-electron chi connectivity index (χ2n) is 4.35. The molecule has 0 saturated carbocycles. The zero-order valence-corrected chi connectivity index (χ0v) is 9.49. The zero-order valence-electron chi connectivity index (χ0n) is 9.49. The molecule has 1 aromatic rings. The number of carbonyl (C=O) groups excluding carboxylic acids is 1. The summed E-state index contributed by atoms with van der Waals surface area (Å²) in [6.45, 7) is 0. The predicted octanol–water partition coefficient (Wildman–Crippen LogP) is 1.59. The number of likely N-dealkylation sites (N-methyl/N-ethyl adjacent to an activating group) is 1. The molecule has 1 amide bonds. The number of rotatable bonds is 1. The van der Waals surface area contributed by atoms with Crippen LogP contribution in [0.25, 0.3) is 0 Å². The Morgan fingerprint density at radius 3 is 2.47 bits per heavy atom. The monoisotopic (exact) mass is 240 g/mol. The van der Waals surface area contributed by atoms with Crippen molar-refractivity contribution in [2.24, 2.45) is 5.73 Å². The van der Waals surface area contributed by atoms with E-state index in [4.69, 9.17) is 5.73 Å². The lowest BCUT2D eigenvalue weighted by Crippen LogP contribution is -2.46. The van der Waals surface area contributed by atoms with Crippen LogP contribution in [0.1, 0.15) is 24.4 Å². The van der Waals surface area contributed by atoms with E-state index in [0.717, 1.165) is 6.07 Å².